The van der Waals surface area contributed by atoms with E-state index in [9.17, 15) is 9.59 Å². The number of pyridine rings is 2. The van der Waals surface area contributed by atoms with Crippen molar-refractivity contribution in [3.05, 3.63) is 58.1 Å². The molecule has 5 heteroatoms. The van der Waals surface area contributed by atoms with Crippen molar-refractivity contribution in [3.8, 4) is 16.9 Å². The Morgan fingerprint density at radius 3 is 2.76 bits per heavy atom. The largest absolute Gasteiger partial charge is 0.495 e. The van der Waals surface area contributed by atoms with E-state index in [1.54, 1.807) is 25.4 Å². The molecule has 21 heavy (non-hydrogen) atoms. The molecule has 0 unspecified atom stereocenters. The van der Waals surface area contributed by atoms with Gasteiger partial charge in [0.25, 0.3) is 5.56 Å². The SMILES string of the molecule is COc1cccc2c3c(c(=O)[nH]c12)C(=O)c1ncccc1-3. The molecule has 0 saturated carbocycles. The van der Waals surface area contributed by atoms with Crippen LogP contribution in [0.4, 0.5) is 0 Å². The number of ether oxygens (including phenoxy) is 1. The van der Waals surface area contributed by atoms with E-state index in [0.717, 1.165) is 5.39 Å². The second kappa shape index (κ2) is 4.02. The topological polar surface area (TPSA) is 72.1 Å². The van der Waals surface area contributed by atoms with Crippen LogP contribution < -0.4 is 10.3 Å². The van der Waals surface area contributed by atoms with Crippen molar-refractivity contribution in [3.63, 3.8) is 0 Å². The molecule has 0 aliphatic heterocycles. The molecule has 2 heterocycles. The fourth-order valence-corrected chi connectivity index (χ4v) is 2.87. The lowest BCUT2D eigenvalue weighted by molar-refractivity contribution is 0.103. The highest BCUT2D eigenvalue weighted by Gasteiger charge is 2.32. The molecule has 4 rings (SSSR count). The molecule has 0 amide bonds. The van der Waals surface area contributed by atoms with E-state index in [2.05, 4.69) is 9.97 Å². The number of para-hydroxylation sites is 1. The van der Waals surface area contributed by atoms with Gasteiger partial charge in [0.15, 0.2) is 0 Å². The molecular formula is C16H10N2O3. The average Bonchev–Trinajstić information content (AvgIpc) is 2.82. The number of aromatic amines is 1. The number of nitrogens with one attached hydrogen (secondary N) is 1. The number of ketones is 1. The number of aromatic nitrogens is 2. The summed E-state index contributed by atoms with van der Waals surface area (Å²) < 4.78 is 5.29. The minimum absolute atomic E-state index is 0.157. The van der Waals surface area contributed by atoms with Crippen molar-refractivity contribution in [2.75, 3.05) is 7.11 Å². The number of fused-ring (bicyclic) bond motifs is 5. The van der Waals surface area contributed by atoms with E-state index >= 15 is 0 Å². The summed E-state index contributed by atoms with van der Waals surface area (Å²) in [6.45, 7) is 0. The zero-order valence-electron chi connectivity index (χ0n) is 11.1. The molecule has 0 atom stereocenters. The third-order valence-electron chi connectivity index (χ3n) is 3.75. The summed E-state index contributed by atoms with van der Waals surface area (Å²) in [5.41, 5.74) is 2.00. The maximum Gasteiger partial charge on any atom is 0.260 e. The summed E-state index contributed by atoms with van der Waals surface area (Å²) in [5, 5.41) is 0.782. The van der Waals surface area contributed by atoms with Crippen LogP contribution in [0.3, 0.4) is 0 Å². The molecule has 0 saturated heterocycles. The molecule has 1 aromatic carbocycles. The number of rotatable bonds is 1. The minimum atomic E-state index is -0.412. The smallest absolute Gasteiger partial charge is 0.260 e. The molecule has 0 spiro atoms. The van der Waals surface area contributed by atoms with Crippen LogP contribution in [0.5, 0.6) is 5.75 Å². The van der Waals surface area contributed by atoms with Crippen molar-refractivity contribution < 1.29 is 9.53 Å². The number of H-pyrrole nitrogens is 1. The number of benzene rings is 1. The first-order chi connectivity index (χ1) is 10.2. The lowest BCUT2D eigenvalue weighted by atomic mass is 10.0. The molecular weight excluding hydrogens is 268 g/mol. The Morgan fingerprint density at radius 2 is 1.95 bits per heavy atom. The van der Waals surface area contributed by atoms with Gasteiger partial charge in [-0.15, -0.1) is 0 Å². The molecule has 5 nitrogen and oxygen atoms in total. The predicted octanol–water partition coefficient (Wildman–Crippen LogP) is 2.14. The lowest BCUT2D eigenvalue weighted by Gasteiger charge is -2.08. The maximum atomic E-state index is 12.4. The van der Waals surface area contributed by atoms with Gasteiger partial charge in [0.2, 0.25) is 5.78 Å². The average molecular weight is 278 g/mol. The quantitative estimate of drug-likeness (QED) is 0.579. The Labute approximate surface area is 119 Å². The van der Waals surface area contributed by atoms with Gasteiger partial charge in [-0.25, -0.2) is 0 Å². The van der Waals surface area contributed by atoms with Gasteiger partial charge >= 0.3 is 0 Å². The van der Waals surface area contributed by atoms with Crippen molar-refractivity contribution in [1.82, 2.24) is 9.97 Å². The Bertz CT molecular complexity index is 973. The highest BCUT2D eigenvalue weighted by atomic mass is 16.5. The molecule has 0 fully saturated rings. The van der Waals surface area contributed by atoms with Crippen LogP contribution in [-0.2, 0) is 0 Å². The van der Waals surface area contributed by atoms with Gasteiger partial charge in [0.1, 0.15) is 11.4 Å². The van der Waals surface area contributed by atoms with Crippen LogP contribution >= 0.6 is 0 Å². The minimum Gasteiger partial charge on any atom is -0.495 e. The fraction of sp³-hybridized carbons (Fsp3) is 0.0625. The second-order valence-electron chi connectivity index (χ2n) is 4.82. The van der Waals surface area contributed by atoms with Gasteiger partial charge in [-0.1, -0.05) is 18.2 Å². The lowest BCUT2D eigenvalue weighted by Crippen LogP contribution is -2.16. The van der Waals surface area contributed by atoms with Crippen LogP contribution in [0.1, 0.15) is 16.1 Å². The first-order valence-corrected chi connectivity index (χ1v) is 6.45. The summed E-state index contributed by atoms with van der Waals surface area (Å²) in [4.78, 5) is 31.6. The van der Waals surface area contributed by atoms with E-state index in [1.165, 1.54) is 0 Å². The zero-order valence-corrected chi connectivity index (χ0v) is 11.1. The number of hydrogen-bond acceptors (Lipinski definition) is 4. The Morgan fingerprint density at radius 1 is 1.10 bits per heavy atom. The molecule has 1 N–H and O–H groups in total. The highest BCUT2D eigenvalue weighted by molar-refractivity contribution is 6.24. The molecule has 3 aromatic rings. The second-order valence-corrected chi connectivity index (χ2v) is 4.82. The number of carbonyl (C=O) groups is 1. The first-order valence-electron chi connectivity index (χ1n) is 6.45. The van der Waals surface area contributed by atoms with Crippen molar-refractivity contribution in [2.24, 2.45) is 0 Å². The first kappa shape index (κ1) is 11.8. The Kier molecular flexibility index (Phi) is 2.27. The summed E-state index contributed by atoms with van der Waals surface area (Å²) >= 11 is 0. The fourth-order valence-electron chi connectivity index (χ4n) is 2.87. The van der Waals surface area contributed by atoms with E-state index in [1.807, 2.05) is 18.2 Å². The van der Waals surface area contributed by atoms with Gasteiger partial charge in [0, 0.05) is 22.7 Å². The van der Waals surface area contributed by atoms with Crippen molar-refractivity contribution in [2.45, 2.75) is 0 Å². The van der Waals surface area contributed by atoms with Gasteiger partial charge in [-0.2, -0.15) is 0 Å². The van der Waals surface area contributed by atoms with E-state index in [4.69, 9.17) is 4.74 Å². The third-order valence-corrected chi connectivity index (χ3v) is 3.75. The molecule has 1 aliphatic carbocycles. The summed E-state index contributed by atoms with van der Waals surface area (Å²) in [6, 6.07) is 9.03. The number of carbonyl (C=O) groups excluding carboxylic acids is 1. The van der Waals surface area contributed by atoms with Gasteiger partial charge in [-0.05, 0) is 12.1 Å². The van der Waals surface area contributed by atoms with Gasteiger partial charge in [-0.3, -0.25) is 14.6 Å². The molecule has 1 aliphatic rings. The molecule has 0 bridgehead atoms. The van der Waals surface area contributed by atoms with Crippen molar-refractivity contribution >= 4 is 16.7 Å². The number of nitrogens with zero attached hydrogens (tertiary/aromatic N) is 1. The van der Waals surface area contributed by atoms with Crippen LogP contribution in [-0.4, -0.2) is 22.9 Å². The van der Waals surface area contributed by atoms with Crippen LogP contribution in [0.2, 0.25) is 0 Å². The Hall–Kier alpha value is -2.95. The Balaban J connectivity index is 2.25. The summed E-state index contributed by atoms with van der Waals surface area (Å²) in [6.07, 6.45) is 1.56. The third kappa shape index (κ3) is 1.43. The van der Waals surface area contributed by atoms with Crippen molar-refractivity contribution in [1.29, 1.82) is 0 Å². The molecule has 2 aromatic heterocycles. The normalized spacial score (nSPS) is 12.3. The van der Waals surface area contributed by atoms with E-state index < -0.39 is 5.56 Å². The zero-order chi connectivity index (χ0) is 14.6. The standard InChI is InChI=1S/C16H10N2O3/c1-21-10-6-2-4-8-11-9-5-3-7-17-14(9)15(19)12(11)16(20)18-13(8)10/h2-7H,1H3,(H,18,20). The van der Waals surface area contributed by atoms with Crippen LogP contribution in [0.15, 0.2) is 41.3 Å². The summed E-state index contributed by atoms with van der Waals surface area (Å²) in [5.74, 6) is 0.240. The number of methoxy groups -OCH3 is 1. The summed E-state index contributed by atoms with van der Waals surface area (Å²) in [7, 11) is 1.54. The molecule has 102 valence electrons. The van der Waals surface area contributed by atoms with E-state index in [-0.39, 0.29) is 11.3 Å². The van der Waals surface area contributed by atoms with Crippen LogP contribution in [0, 0.1) is 0 Å². The predicted molar refractivity (Wildman–Crippen MR) is 77.8 cm³/mol. The highest BCUT2D eigenvalue weighted by Crippen LogP contribution is 2.39. The van der Waals surface area contributed by atoms with Crippen LogP contribution in [0.25, 0.3) is 22.0 Å². The van der Waals surface area contributed by atoms with Gasteiger partial charge < -0.3 is 9.72 Å². The monoisotopic (exact) mass is 278 g/mol. The molecule has 0 radical (unpaired) electrons. The van der Waals surface area contributed by atoms with E-state index in [0.29, 0.717) is 28.1 Å². The van der Waals surface area contributed by atoms with Gasteiger partial charge in [0.05, 0.1) is 18.2 Å². The maximum absolute atomic E-state index is 12.4. The number of hydrogen-bond donors (Lipinski definition) is 1.